The van der Waals surface area contributed by atoms with Crippen LogP contribution in [0.3, 0.4) is 0 Å². The molecular weight excluding hydrogens is 184 g/mol. The van der Waals surface area contributed by atoms with Gasteiger partial charge in [-0.25, -0.2) is 4.68 Å². The molecule has 78 valence electrons. The Hall–Kier alpha value is -1.20. The number of hydrogen-bond acceptors (Lipinski definition) is 4. The van der Waals surface area contributed by atoms with Crippen LogP contribution in [-0.2, 0) is 11.3 Å². The Morgan fingerprint density at radius 3 is 3.00 bits per heavy atom. The molecule has 0 bridgehead atoms. The van der Waals surface area contributed by atoms with Gasteiger partial charge < -0.3 is 9.84 Å². The van der Waals surface area contributed by atoms with Gasteiger partial charge in [0.25, 0.3) is 5.56 Å². The van der Waals surface area contributed by atoms with Crippen LogP contribution in [0, 0.1) is 6.92 Å². The van der Waals surface area contributed by atoms with Gasteiger partial charge in [-0.05, 0) is 12.5 Å². The molecule has 1 N–H and O–H groups in total. The summed E-state index contributed by atoms with van der Waals surface area (Å²) in [7, 11) is 1.49. The zero-order chi connectivity index (χ0) is 10.6. The molecule has 0 amide bonds. The lowest BCUT2D eigenvalue weighted by molar-refractivity contribution is 0.0504. The summed E-state index contributed by atoms with van der Waals surface area (Å²) in [6.45, 7) is 2.15. The predicted molar refractivity (Wildman–Crippen MR) is 51.1 cm³/mol. The number of rotatable bonds is 4. The van der Waals surface area contributed by atoms with E-state index in [0.29, 0.717) is 0 Å². The van der Waals surface area contributed by atoms with Crippen molar-refractivity contribution >= 4 is 0 Å². The molecule has 0 radical (unpaired) electrons. The SMILES string of the molecule is COCC(O)Cn1ncc(C)cc1=O. The molecule has 14 heavy (non-hydrogen) atoms. The van der Waals surface area contributed by atoms with Gasteiger partial charge in [-0.2, -0.15) is 5.10 Å². The highest BCUT2D eigenvalue weighted by Gasteiger charge is 2.06. The fraction of sp³-hybridized carbons (Fsp3) is 0.556. The highest BCUT2D eigenvalue weighted by molar-refractivity contribution is 5.02. The van der Waals surface area contributed by atoms with Crippen molar-refractivity contribution in [1.82, 2.24) is 9.78 Å². The minimum Gasteiger partial charge on any atom is -0.389 e. The van der Waals surface area contributed by atoms with E-state index in [4.69, 9.17) is 4.74 Å². The molecule has 0 saturated heterocycles. The van der Waals surface area contributed by atoms with Crippen LogP contribution in [0.2, 0.25) is 0 Å². The molecule has 1 unspecified atom stereocenters. The molecule has 0 fully saturated rings. The smallest absolute Gasteiger partial charge is 0.267 e. The van der Waals surface area contributed by atoms with Gasteiger partial charge in [-0.15, -0.1) is 0 Å². The Balaban J connectivity index is 2.72. The summed E-state index contributed by atoms with van der Waals surface area (Å²) in [6.07, 6.45) is 0.883. The average molecular weight is 198 g/mol. The van der Waals surface area contributed by atoms with Crippen molar-refractivity contribution in [3.63, 3.8) is 0 Å². The topological polar surface area (TPSA) is 64.3 Å². The van der Waals surface area contributed by atoms with E-state index >= 15 is 0 Å². The Morgan fingerprint density at radius 2 is 2.43 bits per heavy atom. The first kappa shape index (κ1) is 10.9. The van der Waals surface area contributed by atoms with Gasteiger partial charge in [0.1, 0.15) is 0 Å². The molecule has 5 heteroatoms. The number of ether oxygens (including phenoxy) is 1. The number of nitrogens with zero attached hydrogens (tertiary/aromatic N) is 2. The zero-order valence-electron chi connectivity index (χ0n) is 8.30. The molecule has 0 aromatic carbocycles. The normalized spacial score (nSPS) is 12.8. The van der Waals surface area contributed by atoms with Gasteiger partial charge in [0.05, 0.1) is 25.5 Å². The third kappa shape index (κ3) is 2.93. The first-order chi connectivity index (χ1) is 6.63. The Morgan fingerprint density at radius 1 is 1.71 bits per heavy atom. The van der Waals surface area contributed by atoms with Crippen LogP contribution in [0.25, 0.3) is 0 Å². The van der Waals surface area contributed by atoms with Crippen LogP contribution >= 0.6 is 0 Å². The highest BCUT2D eigenvalue weighted by Crippen LogP contribution is 1.90. The second-order valence-electron chi connectivity index (χ2n) is 3.16. The van der Waals surface area contributed by atoms with Crippen molar-refractivity contribution in [3.05, 3.63) is 28.2 Å². The van der Waals surface area contributed by atoms with Crippen molar-refractivity contribution in [3.8, 4) is 0 Å². The number of aryl methyl sites for hydroxylation is 1. The molecule has 0 aliphatic heterocycles. The zero-order valence-corrected chi connectivity index (χ0v) is 8.30. The van der Waals surface area contributed by atoms with E-state index < -0.39 is 6.10 Å². The Bertz CT molecular complexity index is 348. The van der Waals surface area contributed by atoms with E-state index in [2.05, 4.69) is 5.10 Å². The standard InChI is InChI=1S/C9H14N2O3/c1-7-3-9(13)11(10-4-7)5-8(12)6-14-2/h3-4,8,12H,5-6H2,1-2H3. The second kappa shape index (κ2) is 4.88. The molecule has 1 rings (SSSR count). The number of hydrogen-bond donors (Lipinski definition) is 1. The van der Waals surface area contributed by atoms with Crippen molar-refractivity contribution in [1.29, 1.82) is 0 Å². The summed E-state index contributed by atoms with van der Waals surface area (Å²) in [5, 5.41) is 13.3. The summed E-state index contributed by atoms with van der Waals surface area (Å²) in [5.74, 6) is 0. The summed E-state index contributed by atoms with van der Waals surface area (Å²) >= 11 is 0. The first-order valence-corrected chi connectivity index (χ1v) is 4.34. The monoisotopic (exact) mass is 198 g/mol. The number of aliphatic hydroxyl groups is 1. The van der Waals surface area contributed by atoms with Crippen LogP contribution < -0.4 is 5.56 Å². The van der Waals surface area contributed by atoms with E-state index in [1.165, 1.54) is 17.9 Å². The van der Waals surface area contributed by atoms with Gasteiger partial charge >= 0.3 is 0 Å². The Kier molecular flexibility index (Phi) is 3.79. The van der Waals surface area contributed by atoms with Crippen molar-refractivity contribution in [2.45, 2.75) is 19.6 Å². The number of aromatic nitrogens is 2. The van der Waals surface area contributed by atoms with E-state index in [-0.39, 0.29) is 18.7 Å². The lowest BCUT2D eigenvalue weighted by Gasteiger charge is -2.10. The van der Waals surface area contributed by atoms with E-state index in [9.17, 15) is 9.90 Å². The second-order valence-corrected chi connectivity index (χ2v) is 3.16. The van der Waals surface area contributed by atoms with Crippen LogP contribution in [0.4, 0.5) is 0 Å². The lowest BCUT2D eigenvalue weighted by atomic mass is 10.3. The van der Waals surface area contributed by atoms with E-state index in [1.54, 1.807) is 13.1 Å². The molecule has 1 aromatic heterocycles. The molecule has 0 aliphatic carbocycles. The minimum atomic E-state index is -0.701. The maximum absolute atomic E-state index is 11.3. The summed E-state index contributed by atoms with van der Waals surface area (Å²) in [5.41, 5.74) is 0.604. The lowest BCUT2D eigenvalue weighted by Crippen LogP contribution is -2.30. The first-order valence-electron chi connectivity index (χ1n) is 4.34. The van der Waals surface area contributed by atoms with Gasteiger partial charge in [0.2, 0.25) is 0 Å². The largest absolute Gasteiger partial charge is 0.389 e. The fourth-order valence-corrected chi connectivity index (χ4v) is 1.11. The molecule has 1 aromatic rings. The van der Waals surface area contributed by atoms with Crippen molar-refractivity contribution in [2.24, 2.45) is 0 Å². The van der Waals surface area contributed by atoms with Crippen molar-refractivity contribution < 1.29 is 9.84 Å². The summed E-state index contributed by atoms with van der Waals surface area (Å²) < 4.78 is 5.97. The maximum Gasteiger partial charge on any atom is 0.267 e. The van der Waals surface area contributed by atoms with Gasteiger partial charge in [0, 0.05) is 13.2 Å². The van der Waals surface area contributed by atoms with Crippen LogP contribution in [0.5, 0.6) is 0 Å². The Labute approximate surface area is 81.9 Å². The van der Waals surface area contributed by atoms with E-state index in [1.807, 2.05) is 0 Å². The van der Waals surface area contributed by atoms with Gasteiger partial charge in [-0.3, -0.25) is 4.79 Å². The van der Waals surface area contributed by atoms with Crippen LogP contribution in [0.1, 0.15) is 5.56 Å². The molecule has 5 nitrogen and oxygen atoms in total. The third-order valence-electron chi connectivity index (χ3n) is 1.75. The van der Waals surface area contributed by atoms with Crippen LogP contribution in [0.15, 0.2) is 17.1 Å². The highest BCUT2D eigenvalue weighted by atomic mass is 16.5. The summed E-state index contributed by atoms with van der Waals surface area (Å²) in [4.78, 5) is 11.3. The number of methoxy groups -OCH3 is 1. The van der Waals surface area contributed by atoms with Gasteiger partial charge in [-0.1, -0.05) is 0 Å². The molecular formula is C9H14N2O3. The average Bonchev–Trinajstić information content (AvgIpc) is 2.10. The van der Waals surface area contributed by atoms with Gasteiger partial charge in [0.15, 0.2) is 0 Å². The van der Waals surface area contributed by atoms with Crippen molar-refractivity contribution in [2.75, 3.05) is 13.7 Å². The number of aliphatic hydroxyl groups excluding tert-OH is 1. The quantitative estimate of drug-likeness (QED) is 0.712. The molecule has 1 heterocycles. The molecule has 1 atom stereocenters. The summed E-state index contributed by atoms with van der Waals surface area (Å²) in [6, 6.07) is 1.48. The molecule has 0 aliphatic rings. The van der Waals surface area contributed by atoms with Crippen LogP contribution in [-0.4, -0.2) is 34.7 Å². The predicted octanol–water partition coefficient (Wildman–Crippen LogP) is -0.441. The third-order valence-corrected chi connectivity index (χ3v) is 1.75. The van der Waals surface area contributed by atoms with E-state index in [0.717, 1.165) is 5.56 Å². The molecule has 0 saturated carbocycles. The fourth-order valence-electron chi connectivity index (χ4n) is 1.11. The maximum atomic E-state index is 11.3. The molecule has 0 spiro atoms. The minimum absolute atomic E-state index is 0.160.